The van der Waals surface area contributed by atoms with E-state index in [9.17, 15) is 23.1 Å². The highest BCUT2D eigenvalue weighted by molar-refractivity contribution is 7.13. The molecule has 1 unspecified atom stereocenters. The fourth-order valence-electron chi connectivity index (χ4n) is 1.52. The van der Waals surface area contributed by atoms with E-state index in [4.69, 9.17) is 4.74 Å². The molecule has 0 fully saturated rings. The first-order chi connectivity index (χ1) is 9.68. The molecule has 1 heterocycles. The predicted molar refractivity (Wildman–Crippen MR) is 71.6 cm³/mol. The molecule has 0 aliphatic heterocycles. The van der Waals surface area contributed by atoms with E-state index < -0.39 is 22.6 Å². The zero-order valence-corrected chi connectivity index (χ0v) is 12.3. The summed E-state index contributed by atoms with van der Waals surface area (Å²) in [5.74, 6) is -1.59. The van der Waals surface area contributed by atoms with E-state index in [2.05, 4.69) is 11.3 Å². The molecule has 0 radical (unpaired) electrons. The minimum absolute atomic E-state index is 0.169. The van der Waals surface area contributed by atoms with Crippen molar-refractivity contribution in [1.82, 2.24) is 0 Å². The average molecular weight is 324 g/mol. The van der Waals surface area contributed by atoms with Gasteiger partial charge in [0.25, 0.3) is 5.60 Å². The van der Waals surface area contributed by atoms with Gasteiger partial charge in [-0.15, -0.1) is 11.3 Å². The van der Waals surface area contributed by atoms with Gasteiger partial charge < -0.3 is 14.6 Å². The molecule has 0 spiro atoms. The quantitative estimate of drug-likeness (QED) is 0.645. The number of ether oxygens (including phenoxy) is 2. The monoisotopic (exact) mass is 324 g/mol. The largest absolute Gasteiger partial charge is 0.493 e. The molecular formula is C13H15F3O4S. The molecule has 1 N–H and O–H groups in total. The Kier molecular flexibility index (Phi) is 5.41. The number of carbonyl (C=O) groups is 1. The van der Waals surface area contributed by atoms with Crippen LogP contribution in [-0.2, 0) is 19.9 Å². The molecular weight excluding hydrogens is 309 g/mol. The Morgan fingerprint density at radius 3 is 2.33 bits per heavy atom. The number of thiophene rings is 1. The number of halogens is 3. The summed E-state index contributed by atoms with van der Waals surface area (Å²) in [7, 11) is 0. The number of alkyl halides is 3. The molecule has 118 valence electrons. The second-order valence-electron chi connectivity index (χ2n) is 3.95. The lowest BCUT2D eigenvalue weighted by Crippen LogP contribution is -2.49. The Hall–Kier alpha value is -1.54. The van der Waals surface area contributed by atoms with Crippen molar-refractivity contribution in [2.24, 2.45) is 0 Å². The van der Waals surface area contributed by atoms with Crippen LogP contribution in [0.1, 0.15) is 23.6 Å². The van der Waals surface area contributed by atoms with E-state index >= 15 is 0 Å². The highest BCUT2D eigenvalue weighted by Crippen LogP contribution is 2.43. The molecule has 0 amide bonds. The Bertz CT molecular complexity index is 524. The van der Waals surface area contributed by atoms with Crippen molar-refractivity contribution in [3.63, 3.8) is 0 Å². The van der Waals surface area contributed by atoms with Gasteiger partial charge in [0.2, 0.25) is 0 Å². The van der Waals surface area contributed by atoms with Gasteiger partial charge in [-0.3, -0.25) is 0 Å². The van der Waals surface area contributed by atoms with Crippen LogP contribution in [0, 0.1) is 0 Å². The van der Waals surface area contributed by atoms with Gasteiger partial charge in [0.1, 0.15) is 5.76 Å². The van der Waals surface area contributed by atoms with E-state index in [1.807, 2.05) is 0 Å². The molecule has 21 heavy (non-hydrogen) atoms. The van der Waals surface area contributed by atoms with Gasteiger partial charge >= 0.3 is 12.1 Å². The van der Waals surface area contributed by atoms with E-state index in [0.29, 0.717) is 22.8 Å². The van der Waals surface area contributed by atoms with Crippen LogP contribution in [0.4, 0.5) is 13.2 Å². The lowest BCUT2D eigenvalue weighted by atomic mass is 10.0. The van der Waals surface area contributed by atoms with Crippen molar-refractivity contribution in [3.05, 3.63) is 28.5 Å². The molecule has 0 aromatic carbocycles. The third-order valence-corrected chi connectivity index (χ3v) is 3.77. The first-order valence-corrected chi connectivity index (χ1v) is 6.88. The van der Waals surface area contributed by atoms with Gasteiger partial charge in [-0.2, -0.15) is 13.2 Å². The Morgan fingerprint density at radius 2 is 1.86 bits per heavy atom. The maximum atomic E-state index is 13.1. The van der Waals surface area contributed by atoms with Crippen molar-refractivity contribution in [2.75, 3.05) is 13.2 Å². The fraction of sp³-hybridized carbons (Fsp3) is 0.462. The topological polar surface area (TPSA) is 55.8 Å². The van der Waals surface area contributed by atoms with Gasteiger partial charge in [0.15, 0.2) is 0 Å². The normalized spacial score (nSPS) is 14.4. The smallest absolute Gasteiger partial charge is 0.433 e. The van der Waals surface area contributed by atoms with Gasteiger partial charge in [0, 0.05) is 0 Å². The molecule has 1 rings (SSSR count). The average Bonchev–Trinajstić information content (AvgIpc) is 2.86. The third-order valence-electron chi connectivity index (χ3n) is 2.54. The summed E-state index contributed by atoms with van der Waals surface area (Å²) in [5, 5.41) is 9.88. The molecule has 0 aliphatic carbocycles. The summed E-state index contributed by atoms with van der Waals surface area (Å²) in [6.07, 6.45) is -5.20. The van der Waals surface area contributed by atoms with E-state index in [0.717, 1.165) is 6.07 Å². The van der Waals surface area contributed by atoms with Crippen LogP contribution in [-0.4, -0.2) is 30.5 Å². The summed E-state index contributed by atoms with van der Waals surface area (Å²) in [4.78, 5) is 11.3. The van der Waals surface area contributed by atoms with Crippen molar-refractivity contribution in [3.8, 4) is 0 Å². The number of esters is 1. The molecule has 0 bridgehead atoms. The molecule has 0 saturated carbocycles. The molecule has 4 nitrogen and oxygen atoms in total. The second-order valence-corrected chi connectivity index (χ2v) is 5.03. The molecule has 0 saturated heterocycles. The van der Waals surface area contributed by atoms with E-state index in [1.54, 1.807) is 6.92 Å². The number of carbonyl (C=O) groups excluding carboxylic acids is 1. The lowest BCUT2D eigenvalue weighted by molar-refractivity contribution is -0.266. The summed E-state index contributed by atoms with van der Waals surface area (Å²) < 4.78 is 48.8. The van der Waals surface area contributed by atoms with Crippen LogP contribution in [0.15, 0.2) is 18.7 Å². The molecule has 0 aliphatic rings. The molecule has 1 aromatic heterocycles. The van der Waals surface area contributed by atoms with Crippen LogP contribution in [0.3, 0.4) is 0 Å². The minimum atomic E-state index is -5.20. The van der Waals surface area contributed by atoms with Crippen molar-refractivity contribution in [1.29, 1.82) is 0 Å². The van der Waals surface area contributed by atoms with Crippen LogP contribution >= 0.6 is 11.3 Å². The Morgan fingerprint density at radius 1 is 1.29 bits per heavy atom. The van der Waals surface area contributed by atoms with Gasteiger partial charge in [0.05, 0.1) is 23.0 Å². The van der Waals surface area contributed by atoms with Crippen molar-refractivity contribution >= 4 is 23.1 Å². The zero-order valence-electron chi connectivity index (χ0n) is 11.5. The summed E-state index contributed by atoms with van der Waals surface area (Å²) in [6.45, 7) is 6.64. The summed E-state index contributed by atoms with van der Waals surface area (Å²) >= 11 is 0.574. The number of rotatable bonds is 6. The zero-order chi connectivity index (χ0) is 16.3. The SMILES string of the molecule is C=C(OCC)c1ccc(C(O)(C(=O)OCC)C(F)(F)F)s1. The standard InChI is InChI=1S/C13H15F3O4S/c1-4-19-8(3)9-6-7-10(21-9)12(18,13(14,15)16)11(17)20-5-2/h6-7,18H,3-5H2,1-2H3. The van der Waals surface area contributed by atoms with E-state index in [-0.39, 0.29) is 12.4 Å². The first-order valence-electron chi connectivity index (χ1n) is 6.07. The van der Waals surface area contributed by atoms with E-state index in [1.165, 1.54) is 13.0 Å². The molecule has 1 atom stereocenters. The maximum Gasteiger partial charge on any atom is 0.433 e. The number of hydrogen-bond donors (Lipinski definition) is 1. The predicted octanol–water partition coefficient (Wildman–Crippen LogP) is 3.07. The van der Waals surface area contributed by atoms with Crippen LogP contribution in [0.2, 0.25) is 0 Å². The highest BCUT2D eigenvalue weighted by atomic mass is 32.1. The highest BCUT2D eigenvalue weighted by Gasteiger charge is 2.63. The lowest BCUT2D eigenvalue weighted by Gasteiger charge is -2.26. The fourth-order valence-corrected chi connectivity index (χ4v) is 2.55. The Balaban J connectivity index is 3.23. The van der Waals surface area contributed by atoms with Crippen LogP contribution < -0.4 is 0 Å². The molecule has 8 heteroatoms. The molecule has 1 aromatic rings. The number of hydrogen-bond acceptors (Lipinski definition) is 5. The number of aliphatic hydroxyl groups is 1. The third kappa shape index (κ3) is 3.38. The van der Waals surface area contributed by atoms with Crippen LogP contribution in [0.25, 0.3) is 5.76 Å². The van der Waals surface area contributed by atoms with Crippen LogP contribution in [0.5, 0.6) is 0 Å². The summed E-state index contributed by atoms with van der Waals surface area (Å²) in [6, 6.07) is 2.31. The van der Waals surface area contributed by atoms with Gasteiger partial charge in [-0.25, -0.2) is 4.79 Å². The minimum Gasteiger partial charge on any atom is -0.493 e. The van der Waals surface area contributed by atoms with Crippen molar-refractivity contribution < 1.29 is 32.5 Å². The van der Waals surface area contributed by atoms with Gasteiger partial charge in [-0.05, 0) is 26.0 Å². The van der Waals surface area contributed by atoms with Gasteiger partial charge in [-0.1, -0.05) is 6.58 Å². The second kappa shape index (κ2) is 6.48. The Labute approximate surface area is 123 Å². The first kappa shape index (κ1) is 17.5. The summed E-state index contributed by atoms with van der Waals surface area (Å²) in [5.41, 5.74) is -3.70. The van der Waals surface area contributed by atoms with Crippen molar-refractivity contribution in [2.45, 2.75) is 25.6 Å². The maximum absolute atomic E-state index is 13.1.